The summed E-state index contributed by atoms with van der Waals surface area (Å²) in [4.78, 5) is 36.7. The first-order chi connectivity index (χ1) is 14.8. The average Bonchev–Trinajstić information content (AvgIpc) is 3.06. The van der Waals surface area contributed by atoms with Crippen LogP contribution < -0.4 is 20.8 Å². The maximum absolute atomic E-state index is 12.5. The smallest absolute Gasteiger partial charge is 0.321 e. The number of ether oxygens (including phenoxy) is 1. The molecule has 1 aromatic carbocycles. The summed E-state index contributed by atoms with van der Waals surface area (Å²) in [6, 6.07) is 9.97. The topological polar surface area (TPSA) is 101 Å². The molecule has 1 heterocycles. The summed E-state index contributed by atoms with van der Waals surface area (Å²) < 4.78 is 7.34. The van der Waals surface area contributed by atoms with E-state index in [4.69, 9.17) is 4.74 Å². The fourth-order valence-electron chi connectivity index (χ4n) is 3.64. The lowest BCUT2D eigenvalue weighted by atomic mass is 9.96. The second-order valence-corrected chi connectivity index (χ2v) is 7.97. The minimum atomic E-state index is -0.859. The largest absolute Gasteiger partial charge is 0.481 e. The predicted octanol–water partition coefficient (Wildman–Crippen LogP) is 3.41. The van der Waals surface area contributed by atoms with Crippen LogP contribution >= 0.6 is 0 Å². The van der Waals surface area contributed by atoms with Gasteiger partial charge in [-0.15, -0.1) is 0 Å². The van der Waals surface area contributed by atoms with Crippen LogP contribution in [0.25, 0.3) is 0 Å². The molecule has 0 unspecified atom stereocenters. The van der Waals surface area contributed by atoms with Crippen LogP contribution in [0, 0.1) is 13.8 Å². The SMILES string of the molecule is Cc1ccc(C)n1NC(=O)c1ccc(O[C@@H](C)C(=O)NC(=O)NC2CCCCC2)cc1. The highest BCUT2D eigenvalue weighted by Crippen LogP contribution is 2.17. The van der Waals surface area contributed by atoms with Crippen molar-refractivity contribution in [2.24, 2.45) is 0 Å². The van der Waals surface area contributed by atoms with Gasteiger partial charge in [0.2, 0.25) is 0 Å². The first kappa shape index (κ1) is 22.4. The van der Waals surface area contributed by atoms with Gasteiger partial charge in [-0.2, -0.15) is 0 Å². The highest BCUT2D eigenvalue weighted by atomic mass is 16.5. The van der Waals surface area contributed by atoms with Crippen LogP contribution in [0.3, 0.4) is 0 Å². The molecule has 1 aromatic heterocycles. The second kappa shape index (κ2) is 10.1. The van der Waals surface area contributed by atoms with Gasteiger partial charge in [0.25, 0.3) is 11.8 Å². The van der Waals surface area contributed by atoms with E-state index in [1.807, 2.05) is 26.0 Å². The number of imide groups is 1. The predicted molar refractivity (Wildman–Crippen MR) is 118 cm³/mol. The Bertz CT molecular complexity index is 910. The molecule has 3 N–H and O–H groups in total. The summed E-state index contributed by atoms with van der Waals surface area (Å²) in [7, 11) is 0. The number of benzene rings is 1. The normalized spacial score (nSPS) is 15.1. The Morgan fingerprint density at radius 1 is 0.968 bits per heavy atom. The van der Waals surface area contributed by atoms with Gasteiger partial charge in [-0.1, -0.05) is 19.3 Å². The van der Waals surface area contributed by atoms with Gasteiger partial charge >= 0.3 is 6.03 Å². The number of amides is 4. The molecule has 0 radical (unpaired) electrons. The Morgan fingerprint density at radius 2 is 1.58 bits per heavy atom. The molecule has 0 bridgehead atoms. The van der Waals surface area contributed by atoms with E-state index in [0.717, 1.165) is 37.1 Å². The van der Waals surface area contributed by atoms with Gasteiger partial charge in [-0.3, -0.25) is 25.0 Å². The maximum Gasteiger partial charge on any atom is 0.321 e. The van der Waals surface area contributed by atoms with Crippen molar-refractivity contribution in [2.75, 3.05) is 5.43 Å². The van der Waals surface area contributed by atoms with E-state index >= 15 is 0 Å². The molecule has 1 atom stereocenters. The van der Waals surface area contributed by atoms with Crippen LogP contribution in [0.1, 0.15) is 60.8 Å². The van der Waals surface area contributed by atoms with E-state index in [1.165, 1.54) is 6.42 Å². The minimum Gasteiger partial charge on any atom is -0.481 e. The molecule has 1 saturated carbocycles. The van der Waals surface area contributed by atoms with Gasteiger partial charge in [0, 0.05) is 23.0 Å². The van der Waals surface area contributed by atoms with Crippen LogP contribution in [0.4, 0.5) is 4.79 Å². The van der Waals surface area contributed by atoms with Gasteiger partial charge in [0.1, 0.15) is 5.75 Å². The minimum absolute atomic E-state index is 0.121. The molecule has 8 nitrogen and oxygen atoms in total. The number of carbonyl (C=O) groups excluding carboxylic acids is 3. The fraction of sp³-hybridized carbons (Fsp3) is 0.435. The van der Waals surface area contributed by atoms with Gasteiger partial charge in [-0.05, 0) is 70.0 Å². The van der Waals surface area contributed by atoms with Crippen molar-refractivity contribution in [1.29, 1.82) is 0 Å². The summed E-state index contributed by atoms with van der Waals surface area (Å²) in [6.45, 7) is 5.39. The number of carbonyl (C=O) groups is 3. The Balaban J connectivity index is 1.49. The number of aryl methyl sites for hydroxylation is 2. The van der Waals surface area contributed by atoms with E-state index in [0.29, 0.717) is 11.3 Å². The Hall–Kier alpha value is -3.29. The van der Waals surface area contributed by atoms with E-state index in [-0.39, 0.29) is 11.9 Å². The van der Waals surface area contributed by atoms with Crippen LogP contribution in [0.15, 0.2) is 36.4 Å². The molecule has 0 saturated heterocycles. The highest BCUT2D eigenvalue weighted by molar-refractivity contribution is 6.00. The average molecular weight is 427 g/mol. The Labute approximate surface area is 182 Å². The molecule has 4 amide bonds. The molecule has 2 aromatic rings. The fourth-order valence-corrected chi connectivity index (χ4v) is 3.64. The molecule has 1 aliphatic carbocycles. The molecule has 0 aliphatic heterocycles. The number of aromatic nitrogens is 1. The zero-order chi connectivity index (χ0) is 22.4. The van der Waals surface area contributed by atoms with Gasteiger partial charge in [0.15, 0.2) is 6.10 Å². The monoisotopic (exact) mass is 426 g/mol. The molecule has 8 heteroatoms. The quantitative estimate of drug-likeness (QED) is 0.659. The molecular weight excluding hydrogens is 396 g/mol. The molecule has 166 valence electrons. The van der Waals surface area contributed by atoms with Crippen molar-refractivity contribution < 1.29 is 19.1 Å². The highest BCUT2D eigenvalue weighted by Gasteiger charge is 2.21. The third-order valence-corrected chi connectivity index (χ3v) is 5.46. The van der Waals surface area contributed by atoms with E-state index in [9.17, 15) is 14.4 Å². The Kier molecular flexibility index (Phi) is 7.33. The second-order valence-electron chi connectivity index (χ2n) is 7.97. The van der Waals surface area contributed by atoms with Gasteiger partial charge < -0.3 is 10.1 Å². The van der Waals surface area contributed by atoms with Crippen LogP contribution in [-0.2, 0) is 4.79 Å². The van der Waals surface area contributed by atoms with Gasteiger partial charge in [-0.25, -0.2) is 4.79 Å². The zero-order valence-electron chi connectivity index (χ0n) is 18.2. The number of nitrogens with one attached hydrogen (secondary N) is 3. The lowest BCUT2D eigenvalue weighted by Gasteiger charge is -2.23. The number of rotatable bonds is 6. The molecular formula is C23H30N4O4. The molecule has 1 fully saturated rings. The molecule has 0 spiro atoms. The summed E-state index contributed by atoms with van der Waals surface area (Å²) >= 11 is 0. The Morgan fingerprint density at radius 3 is 2.19 bits per heavy atom. The molecule has 1 aliphatic rings. The zero-order valence-corrected chi connectivity index (χ0v) is 18.2. The molecule has 31 heavy (non-hydrogen) atoms. The lowest BCUT2D eigenvalue weighted by molar-refractivity contribution is -0.126. The summed E-state index contributed by atoms with van der Waals surface area (Å²) in [6.07, 6.45) is 4.40. The molecule has 3 rings (SSSR count). The number of nitrogens with zero attached hydrogens (tertiary/aromatic N) is 1. The first-order valence-corrected chi connectivity index (χ1v) is 10.7. The third-order valence-electron chi connectivity index (χ3n) is 5.46. The van der Waals surface area contributed by atoms with E-state index in [1.54, 1.807) is 35.9 Å². The third kappa shape index (κ3) is 6.10. The van der Waals surface area contributed by atoms with Crippen molar-refractivity contribution in [3.05, 3.63) is 53.3 Å². The number of hydrogen-bond donors (Lipinski definition) is 3. The van der Waals surface area contributed by atoms with Crippen LogP contribution in [-0.4, -0.2) is 34.7 Å². The standard InChI is InChI=1S/C23H30N4O4/c1-15-9-10-16(2)27(15)26-22(29)18-11-13-20(14-12-18)31-17(3)21(28)25-23(30)24-19-7-5-4-6-8-19/h9-14,17,19H,4-8H2,1-3H3,(H,26,29)(H2,24,25,28,30)/t17-/m0/s1. The van der Waals surface area contributed by atoms with Crippen molar-refractivity contribution >= 4 is 17.8 Å². The van der Waals surface area contributed by atoms with Crippen LogP contribution in [0.2, 0.25) is 0 Å². The van der Waals surface area contributed by atoms with E-state index < -0.39 is 18.0 Å². The summed E-state index contributed by atoms with van der Waals surface area (Å²) in [5.74, 6) is -0.340. The first-order valence-electron chi connectivity index (χ1n) is 10.7. The van der Waals surface area contributed by atoms with Crippen molar-refractivity contribution in [3.63, 3.8) is 0 Å². The summed E-state index contributed by atoms with van der Waals surface area (Å²) in [5, 5.41) is 5.17. The van der Waals surface area contributed by atoms with Crippen molar-refractivity contribution in [2.45, 2.75) is 65.0 Å². The number of urea groups is 1. The van der Waals surface area contributed by atoms with Crippen molar-refractivity contribution in [1.82, 2.24) is 15.3 Å². The summed E-state index contributed by atoms with van der Waals surface area (Å²) in [5.41, 5.74) is 5.16. The number of hydrogen-bond acceptors (Lipinski definition) is 4. The van der Waals surface area contributed by atoms with Crippen molar-refractivity contribution in [3.8, 4) is 5.75 Å². The lowest BCUT2D eigenvalue weighted by Crippen LogP contribution is -2.48. The van der Waals surface area contributed by atoms with Crippen LogP contribution in [0.5, 0.6) is 5.75 Å². The maximum atomic E-state index is 12.5. The van der Waals surface area contributed by atoms with E-state index in [2.05, 4.69) is 16.1 Å². The van der Waals surface area contributed by atoms with Gasteiger partial charge in [0.05, 0.1) is 0 Å².